The summed E-state index contributed by atoms with van der Waals surface area (Å²) in [4.78, 5) is 18.0. The standard InChI is InChI=1S/C23H29N5OS/c1-26-11-13-27(14-12-26)18-7-9-28(10-8-18)22-21-20(15-30-23(21)25-16-24-22)17-3-5-19(29-2)6-4-17/h3-6,15-16,18H,7-14H2,1-2H3. The van der Waals surface area contributed by atoms with Crippen molar-refractivity contribution in [3.05, 3.63) is 36.0 Å². The number of ether oxygens (including phenoxy) is 1. The Labute approximate surface area is 182 Å². The Morgan fingerprint density at radius 3 is 2.40 bits per heavy atom. The van der Waals surface area contributed by atoms with Gasteiger partial charge in [0, 0.05) is 56.3 Å². The second kappa shape index (κ2) is 8.49. The van der Waals surface area contributed by atoms with Crippen LogP contribution in [0.15, 0.2) is 36.0 Å². The molecule has 0 bridgehead atoms. The van der Waals surface area contributed by atoms with Crippen molar-refractivity contribution < 1.29 is 4.74 Å². The summed E-state index contributed by atoms with van der Waals surface area (Å²) in [5, 5.41) is 3.40. The summed E-state index contributed by atoms with van der Waals surface area (Å²) in [5.74, 6) is 1.96. The van der Waals surface area contributed by atoms with Gasteiger partial charge in [0.05, 0.1) is 12.5 Å². The highest BCUT2D eigenvalue weighted by atomic mass is 32.1. The lowest BCUT2D eigenvalue weighted by Gasteiger charge is -2.42. The molecule has 30 heavy (non-hydrogen) atoms. The maximum Gasteiger partial charge on any atom is 0.141 e. The molecule has 158 valence electrons. The minimum Gasteiger partial charge on any atom is -0.497 e. The van der Waals surface area contributed by atoms with E-state index in [-0.39, 0.29) is 0 Å². The molecule has 2 aliphatic heterocycles. The van der Waals surface area contributed by atoms with Crippen LogP contribution < -0.4 is 9.64 Å². The van der Waals surface area contributed by atoms with Crippen LogP contribution in [0.4, 0.5) is 5.82 Å². The molecule has 0 saturated carbocycles. The summed E-state index contributed by atoms with van der Waals surface area (Å²) < 4.78 is 5.32. The fourth-order valence-electron chi connectivity index (χ4n) is 4.71. The third-order valence-corrected chi connectivity index (χ3v) is 7.46. The van der Waals surface area contributed by atoms with Gasteiger partial charge in [-0.1, -0.05) is 12.1 Å². The van der Waals surface area contributed by atoms with Crippen LogP contribution in [0.25, 0.3) is 21.3 Å². The largest absolute Gasteiger partial charge is 0.497 e. The number of anilines is 1. The van der Waals surface area contributed by atoms with E-state index < -0.39 is 0 Å². The molecule has 0 unspecified atom stereocenters. The summed E-state index contributed by atoms with van der Waals surface area (Å²) in [5.41, 5.74) is 2.40. The van der Waals surface area contributed by atoms with Crippen LogP contribution in [0.3, 0.4) is 0 Å². The summed E-state index contributed by atoms with van der Waals surface area (Å²) in [7, 11) is 3.92. The first-order valence-electron chi connectivity index (χ1n) is 10.8. The first kappa shape index (κ1) is 19.7. The van der Waals surface area contributed by atoms with Gasteiger partial charge in [0.25, 0.3) is 0 Å². The van der Waals surface area contributed by atoms with Crippen LogP contribution >= 0.6 is 11.3 Å². The topological polar surface area (TPSA) is 44.7 Å². The molecule has 2 saturated heterocycles. The molecule has 4 heterocycles. The van der Waals surface area contributed by atoms with Crippen molar-refractivity contribution in [1.29, 1.82) is 0 Å². The summed E-state index contributed by atoms with van der Waals surface area (Å²) in [6, 6.07) is 8.98. The Balaban J connectivity index is 1.38. The second-order valence-corrected chi connectivity index (χ2v) is 9.17. The highest BCUT2D eigenvalue weighted by Gasteiger charge is 2.28. The molecule has 0 aliphatic carbocycles. The van der Waals surface area contributed by atoms with E-state index in [0.29, 0.717) is 6.04 Å². The van der Waals surface area contributed by atoms with E-state index >= 15 is 0 Å². The molecule has 5 rings (SSSR count). The van der Waals surface area contributed by atoms with Crippen LogP contribution in [-0.4, -0.2) is 79.2 Å². The number of piperidine rings is 1. The zero-order valence-corrected chi connectivity index (χ0v) is 18.6. The van der Waals surface area contributed by atoms with Crippen molar-refractivity contribution in [2.45, 2.75) is 18.9 Å². The number of hydrogen-bond acceptors (Lipinski definition) is 7. The summed E-state index contributed by atoms with van der Waals surface area (Å²) in [6.07, 6.45) is 4.13. The Hall–Kier alpha value is -2.22. The van der Waals surface area contributed by atoms with E-state index in [1.807, 2.05) is 12.1 Å². The Morgan fingerprint density at radius 1 is 0.967 bits per heavy atom. The first-order valence-corrected chi connectivity index (χ1v) is 11.6. The van der Waals surface area contributed by atoms with E-state index in [2.05, 4.69) is 44.2 Å². The molecule has 3 aromatic rings. The number of piperazine rings is 1. The number of hydrogen-bond donors (Lipinski definition) is 0. The lowest BCUT2D eigenvalue weighted by Crippen LogP contribution is -2.52. The number of rotatable bonds is 4. The first-order chi connectivity index (χ1) is 14.7. The molecule has 0 N–H and O–H groups in total. The van der Waals surface area contributed by atoms with Gasteiger partial charge in [0.2, 0.25) is 0 Å². The highest BCUT2D eigenvalue weighted by Crippen LogP contribution is 2.39. The van der Waals surface area contributed by atoms with Crippen LogP contribution in [0.5, 0.6) is 5.75 Å². The highest BCUT2D eigenvalue weighted by molar-refractivity contribution is 7.17. The van der Waals surface area contributed by atoms with Gasteiger partial charge in [-0.15, -0.1) is 11.3 Å². The maximum absolute atomic E-state index is 5.32. The van der Waals surface area contributed by atoms with Crippen molar-refractivity contribution >= 4 is 27.4 Å². The van der Waals surface area contributed by atoms with Gasteiger partial charge in [-0.25, -0.2) is 9.97 Å². The maximum atomic E-state index is 5.32. The van der Waals surface area contributed by atoms with E-state index in [0.717, 1.165) is 29.5 Å². The third kappa shape index (κ3) is 3.77. The lowest BCUT2D eigenvalue weighted by molar-refractivity contribution is 0.0981. The van der Waals surface area contributed by atoms with E-state index in [4.69, 9.17) is 9.72 Å². The number of fused-ring (bicyclic) bond motifs is 1. The average Bonchev–Trinajstić information content (AvgIpc) is 3.24. The minimum atomic E-state index is 0.704. The van der Waals surface area contributed by atoms with Gasteiger partial charge < -0.3 is 14.5 Å². The molecular weight excluding hydrogens is 394 g/mol. The van der Waals surface area contributed by atoms with Crippen LogP contribution in [0, 0.1) is 0 Å². The Bertz CT molecular complexity index is 989. The van der Waals surface area contributed by atoms with Gasteiger partial charge in [0.1, 0.15) is 22.7 Å². The predicted molar refractivity (Wildman–Crippen MR) is 124 cm³/mol. The summed E-state index contributed by atoms with van der Waals surface area (Å²) >= 11 is 1.70. The molecule has 1 aromatic carbocycles. The number of benzene rings is 1. The van der Waals surface area contributed by atoms with Crippen molar-refractivity contribution in [3.8, 4) is 16.9 Å². The number of methoxy groups -OCH3 is 1. The number of nitrogens with zero attached hydrogens (tertiary/aromatic N) is 5. The predicted octanol–water partition coefficient (Wildman–Crippen LogP) is 3.58. The van der Waals surface area contributed by atoms with Crippen LogP contribution in [0.2, 0.25) is 0 Å². The van der Waals surface area contributed by atoms with Crippen LogP contribution in [0.1, 0.15) is 12.8 Å². The van der Waals surface area contributed by atoms with E-state index in [9.17, 15) is 0 Å². The lowest BCUT2D eigenvalue weighted by atomic mass is 10.0. The quantitative estimate of drug-likeness (QED) is 0.639. The number of aromatic nitrogens is 2. The second-order valence-electron chi connectivity index (χ2n) is 8.31. The number of likely N-dealkylation sites (N-methyl/N-ethyl adjacent to an activating group) is 1. The molecule has 0 atom stereocenters. The zero-order valence-electron chi connectivity index (χ0n) is 17.8. The monoisotopic (exact) mass is 423 g/mol. The van der Waals surface area contributed by atoms with Gasteiger partial charge in [-0.2, -0.15) is 0 Å². The molecule has 0 spiro atoms. The Morgan fingerprint density at radius 2 is 1.70 bits per heavy atom. The van der Waals surface area contributed by atoms with Crippen molar-refractivity contribution in [1.82, 2.24) is 19.8 Å². The van der Waals surface area contributed by atoms with Crippen molar-refractivity contribution in [2.24, 2.45) is 0 Å². The van der Waals surface area contributed by atoms with Crippen molar-refractivity contribution in [3.63, 3.8) is 0 Å². The molecule has 0 radical (unpaired) electrons. The van der Waals surface area contributed by atoms with Crippen LogP contribution in [-0.2, 0) is 0 Å². The third-order valence-electron chi connectivity index (χ3n) is 6.57. The Kier molecular flexibility index (Phi) is 5.58. The molecule has 2 aliphatic rings. The van der Waals surface area contributed by atoms with Gasteiger partial charge in [0.15, 0.2) is 0 Å². The van der Waals surface area contributed by atoms with Crippen molar-refractivity contribution in [2.75, 3.05) is 58.3 Å². The molecule has 0 amide bonds. The zero-order chi connectivity index (χ0) is 20.5. The SMILES string of the molecule is COc1ccc(-c2csc3ncnc(N4CCC(N5CCN(C)CC5)CC4)c23)cc1. The van der Waals surface area contributed by atoms with E-state index in [1.54, 1.807) is 24.8 Å². The normalized spacial score (nSPS) is 19.5. The molecular formula is C23H29N5OS. The van der Waals surface area contributed by atoms with Gasteiger partial charge in [-0.3, -0.25) is 4.90 Å². The smallest absolute Gasteiger partial charge is 0.141 e. The van der Waals surface area contributed by atoms with E-state index in [1.165, 1.54) is 55.5 Å². The minimum absolute atomic E-state index is 0.704. The molecule has 2 aromatic heterocycles. The fraction of sp³-hybridized carbons (Fsp3) is 0.478. The fourth-order valence-corrected chi connectivity index (χ4v) is 5.62. The van der Waals surface area contributed by atoms with Gasteiger partial charge >= 0.3 is 0 Å². The molecule has 6 nitrogen and oxygen atoms in total. The number of thiophene rings is 1. The summed E-state index contributed by atoms with van der Waals surface area (Å²) in [6.45, 7) is 6.89. The van der Waals surface area contributed by atoms with Gasteiger partial charge in [-0.05, 0) is 37.6 Å². The molecule has 7 heteroatoms. The average molecular weight is 424 g/mol. The molecule has 2 fully saturated rings.